The number of furan rings is 1. The van der Waals surface area contributed by atoms with E-state index in [1.807, 2.05) is 12.1 Å². The lowest BCUT2D eigenvalue weighted by Crippen LogP contribution is -2.38. The minimum Gasteiger partial charge on any atom is -0.469 e. The highest BCUT2D eigenvalue weighted by Crippen LogP contribution is 2.21. The molecule has 0 N–H and O–H groups in total. The smallest absolute Gasteiger partial charge is 0.309 e. The second-order valence-electron chi connectivity index (χ2n) is 4.30. The molecule has 1 atom stereocenters. The van der Waals surface area contributed by atoms with Crippen molar-refractivity contribution in [3.8, 4) is 0 Å². The van der Waals surface area contributed by atoms with Crippen LogP contribution in [-0.4, -0.2) is 31.1 Å². The van der Waals surface area contributed by atoms with Crippen LogP contribution in [-0.2, 0) is 16.1 Å². The number of halogens is 1. The number of carbonyl (C=O) groups excluding carboxylic acids is 1. The predicted molar refractivity (Wildman–Crippen MR) is 66.4 cm³/mol. The van der Waals surface area contributed by atoms with Gasteiger partial charge < -0.3 is 9.15 Å². The second kappa shape index (κ2) is 5.69. The molecular formula is C12H16BrNO3. The van der Waals surface area contributed by atoms with Crippen LogP contribution in [0.4, 0.5) is 0 Å². The number of nitrogens with zero attached hydrogens (tertiary/aromatic N) is 1. The van der Waals surface area contributed by atoms with Crippen molar-refractivity contribution in [3.05, 3.63) is 22.6 Å². The van der Waals surface area contributed by atoms with Gasteiger partial charge in [0.05, 0.1) is 19.6 Å². The number of ether oxygens (including phenoxy) is 1. The molecule has 4 nitrogen and oxygen atoms in total. The molecule has 0 saturated carbocycles. The Morgan fingerprint density at radius 1 is 1.65 bits per heavy atom. The topological polar surface area (TPSA) is 42.7 Å². The van der Waals surface area contributed by atoms with Crippen LogP contribution < -0.4 is 0 Å². The Balaban J connectivity index is 1.91. The van der Waals surface area contributed by atoms with E-state index in [9.17, 15) is 4.79 Å². The van der Waals surface area contributed by atoms with Crippen LogP contribution in [0.2, 0.25) is 0 Å². The lowest BCUT2D eigenvalue weighted by atomic mass is 9.98. The standard InChI is InChI=1S/C12H16BrNO3/c1-16-12(15)9-3-2-6-14(7-9)8-10-4-5-11(13)17-10/h4-5,9H,2-3,6-8H2,1H3/t9-/m0/s1. The molecule has 0 unspecified atom stereocenters. The van der Waals surface area contributed by atoms with Crippen LogP contribution in [0.5, 0.6) is 0 Å². The molecule has 0 bridgehead atoms. The van der Waals surface area contributed by atoms with Gasteiger partial charge >= 0.3 is 5.97 Å². The fourth-order valence-electron chi connectivity index (χ4n) is 2.22. The van der Waals surface area contributed by atoms with Gasteiger partial charge in [-0.3, -0.25) is 9.69 Å². The van der Waals surface area contributed by atoms with E-state index in [0.29, 0.717) is 0 Å². The number of hydrogen-bond acceptors (Lipinski definition) is 4. The lowest BCUT2D eigenvalue weighted by Gasteiger charge is -2.30. The van der Waals surface area contributed by atoms with Gasteiger partial charge in [0.15, 0.2) is 4.67 Å². The maximum atomic E-state index is 11.5. The van der Waals surface area contributed by atoms with Crippen molar-refractivity contribution in [2.24, 2.45) is 5.92 Å². The van der Waals surface area contributed by atoms with E-state index in [1.165, 1.54) is 7.11 Å². The van der Waals surface area contributed by atoms with Gasteiger partial charge in [-0.15, -0.1) is 0 Å². The van der Waals surface area contributed by atoms with E-state index in [4.69, 9.17) is 9.15 Å². The molecule has 0 spiro atoms. The maximum absolute atomic E-state index is 11.5. The largest absolute Gasteiger partial charge is 0.469 e. The molecule has 2 rings (SSSR count). The van der Waals surface area contributed by atoms with Crippen LogP contribution in [0.25, 0.3) is 0 Å². The number of piperidine rings is 1. The van der Waals surface area contributed by atoms with Gasteiger partial charge in [0.1, 0.15) is 5.76 Å². The quantitative estimate of drug-likeness (QED) is 0.804. The Morgan fingerprint density at radius 3 is 3.12 bits per heavy atom. The lowest BCUT2D eigenvalue weighted by molar-refractivity contribution is -0.147. The fraction of sp³-hybridized carbons (Fsp3) is 0.583. The van der Waals surface area contributed by atoms with E-state index in [1.54, 1.807) is 0 Å². The predicted octanol–water partition coefficient (Wildman–Crippen LogP) is 2.43. The summed E-state index contributed by atoms with van der Waals surface area (Å²) in [7, 11) is 1.45. The third kappa shape index (κ3) is 3.33. The van der Waals surface area contributed by atoms with Crippen molar-refractivity contribution in [2.75, 3.05) is 20.2 Å². The number of esters is 1. The summed E-state index contributed by atoms with van der Waals surface area (Å²) in [4.78, 5) is 13.7. The van der Waals surface area contributed by atoms with Crippen LogP contribution in [0.15, 0.2) is 21.2 Å². The van der Waals surface area contributed by atoms with Crippen LogP contribution in [0, 0.1) is 5.92 Å². The molecule has 0 aliphatic carbocycles. The Kier molecular flexibility index (Phi) is 4.23. The van der Waals surface area contributed by atoms with Gasteiger partial charge in [0, 0.05) is 6.54 Å². The molecule has 1 aromatic heterocycles. The van der Waals surface area contributed by atoms with Crippen molar-refractivity contribution in [2.45, 2.75) is 19.4 Å². The Bertz CT molecular complexity index is 391. The fourth-order valence-corrected chi connectivity index (χ4v) is 2.56. The van der Waals surface area contributed by atoms with E-state index in [2.05, 4.69) is 20.8 Å². The molecule has 5 heteroatoms. The molecule has 0 radical (unpaired) electrons. The van der Waals surface area contributed by atoms with E-state index in [0.717, 1.165) is 42.9 Å². The first kappa shape index (κ1) is 12.6. The molecule has 0 aromatic carbocycles. The minimum atomic E-state index is -0.102. The molecule has 1 aromatic rings. The summed E-state index contributed by atoms with van der Waals surface area (Å²) in [6, 6.07) is 3.84. The van der Waals surface area contributed by atoms with Gasteiger partial charge in [-0.2, -0.15) is 0 Å². The Morgan fingerprint density at radius 2 is 2.47 bits per heavy atom. The second-order valence-corrected chi connectivity index (χ2v) is 5.08. The van der Waals surface area contributed by atoms with Crippen molar-refractivity contribution in [3.63, 3.8) is 0 Å². The van der Waals surface area contributed by atoms with Gasteiger partial charge in [0.25, 0.3) is 0 Å². The van der Waals surface area contributed by atoms with Crippen molar-refractivity contribution in [1.82, 2.24) is 4.90 Å². The monoisotopic (exact) mass is 301 g/mol. The molecule has 17 heavy (non-hydrogen) atoms. The summed E-state index contributed by atoms with van der Waals surface area (Å²) >= 11 is 3.28. The third-order valence-corrected chi connectivity index (χ3v) is 3.47. The highest BCUT2D eigenvalue weighted by atomic mass is 79.9. The van der Waals surface area contributed by atoms with Crippen molar-refractivity contribution >= 4 is 21.9 Å². The average molecular weight is 302 g/mol. The summed E-state index contributed by atoms with van der Waals surface area (Å²) in [5.74, 6) is 0.824. The maximum Gasteiger partial charge on any atom is 0.309 e. The summed E-state index contributed by atoms with van der Waals surface area (Å²) in [5.41, 5.74) is 0. The SMILES string of the molecule is COC(=O)[C@H]1CCCN(Cc2ccc(Br)o2)C1. The summed E-state index contributed by atoms with van der Waals surface area (Å²) in [5, 5.41) is 0. The van der Waals surface area contributed by atoms with E-state index < -0.39 is 0 Å². The third-order valence-electron chi connectivity index (χ3n) is 3.05. The number of methoxy groups -OCH3 is 1. The number of likely N-dealkylation sites (tertiary alicyclic amines) is 1. The van der Waals surface area contributed by atoms with Crippen molar-refractivity contribution in [1.29, 1.82) is 0 Å². The molecule has 94 valence electrons. The van der Waals surface area contributed by atoms with Gasteiger partial charge in [0.2, 0.25) is 0 Å². The highest BCUT2D eigenvalue weighted by Gasteiger charge is 2.26. The molecule has 1 fully saturated rings. The zero-order valence-corrected chi connectivity index (χ0v) is 11.4. The number of rotatable bonds is 3. The average Bonchev–Trinajstić information content (AvgIpc) is 2.74. The molecule has 1 aliphatic rings. The first-order valence-electron chi connectivity index (χ1n) is 5.73. The van der Waals surface area contributed by atoms with E-state index in [-0.39, 0.29) is 11.9 Å². The normalized spacial score (nSPS) is 21.4. The summed E-state index contributed by atoms with van der Waals surface area (Å²) in [6.07, 6.45) is 1.95. The summed E-state index contributed by atoms with van der Waals surface area (Å²) in [6.45, 7) is 2.51. The van der Waals surface area contributed by atoms with E-state index >= 15 is 0 Å². The molecule has 2 heterocycles. The number of hydrogen-bond donors (Lipinski definition) is 0. The molecule has 0 amide bonds. The molecule has 1 aliphatic heterocycles. The van der Waals surface area contributed by atoms with Crippen LogP contribution in [0.3, 0.4) is 0 Å². The number of carbonyl (C=O) groups is 1. The van der Waals surface area contributed by atoms with Crippen LogP contribution >= 0.6 is 15.9 Å². The van der Waals surface area contributed by atoms with Crippen LogP contribution in [0.1, 0.15) is 18.6 Å². The Labute approximate surface area is 109 Å². The van der Waals surface area contributed by atoms with Gasteiger partial charge in [-0.05, 0) is 47.4 Å². The molecule has 1 saturated heterocycles. The minimum absolute atomic E-state index is 0.00662. The van der Waals surface area contributed by atoms with Gasteiger partial charge in [-0.25, -0.2) is 0 Å². The zero-order chi connectivity index (χ0) is 12.3. The molecular weight excluding hydrogens is 286 g/mol. The van der Waals surface area contributed by atoms with Gasteiger partial charge in [-0.1, -0.05) is 0 Å². The highest BCUT2D eigenvalue weighted by molar-refractivity contribution is 9.10. The first-order valence-corrected chi connectivity index (χ1v) is 6.52. The zero-order valence-electron chi connectivity index (χ0n) is 9.82. The summed E-state index contributed by atoms with van der Waals surface area (Å²) < 4.78 is 11.0. The Hall–Kier alpha value is -0.810. The first-order chi connectivity index (χ1) is 8.19. The van der Waals surface area contributed by atoms with Crippen molar-refractivity contribution < 1.29 is 13.9 Å².